The van der Waals surface area contributed by atoms with E-state index >= 15 is 0 Å². The molecule has 0 saturated heterocycles. The van der Waals surface area contributed by atoms with E-state index in [0.717, 1.165) is 40.3 Å². The van der Waals surface area contributed by atoms with Crippen LogP contribution in [-0.4, -0.2) is 29.9 Å². The molecule has 7 heteroatoms. The maximum absolute atomic E-state index is 13.2. The number of rotatable bonds is 5. The normalized spacial score (nSPS) is 12.3. The molecule has 0 spiro atoms. The summed E-state index contributed by atoms with van der Waals surface area (Å²) in [6.45, 7) is 4.00. The Morgan fingerprint density at radius 3 is 2.59 bits per heavy atom. The lowest BCUT2D eigenvalue weighted by atomic mass is 10.0. The van der Waals surface area contributed by atoms with Crippen LogP contribution in [0.1, 0.15) is 30.6 Å². The van der Waals surface area contributed by atoms with E-state index in [-0.39, 0.29) is 11.9 Å². The molecule has 0 saturated carbocycles. The van der Waals surface area contributed by atoms with Crippen LogP contribution in [0.25, 0.3) is 22.6 Å². The Kier molecular flexibility index (Phi) is 4.50. The quantitative estimate of drug-likeness (QED) is 0.578. The molecule has 0 amide bonds. The molecule has 4 rings (SSSR count). The molecule has 1 aromatic carbocycles. The zero-order valence-electron chi connectivity index (χ0n) is 15.1. The highest BCUT2D eigenvalue weighted by atomic mass is 19.1. The summed E-state index contributed by atoms with van der Waals surface area (Å²) in [5.41, 5.74) is 5.16. The number of nitrogens with one attached hydrogen (secondary N) is 1. The smallest absolute Gasteiger partial charge is 0.123 e. The summed E-state index contributed by atoms with van der Waals surface area (Å²) in [5.74, 6) is -0.232. The third kappa shape index (κ3) is 3.36. The van der Waals surface area contributed by atoms with Crippen LogP contribution < -0.4 is 0 Å². The van der Waals surface area contributed by atoms with E-state index in [9.17, 15) is 4.39 Å². The van der Waals surface area contributed by atoms with Gasteiger partial charge in [0.2, 0.25) is 0 Å². The Morgan fingerprint density at radius 2 is 1.89 bits per heavy atom. The molecule has 0 bridgehead atoms. The first-order chi connectivity index (χ1) is 13.2. The van der Waals surface area contributed by atoms with Crippen molar-refractivity contribution in [2.45, 2.75) is 26.3 Å². The minimum Gasteiger partial charge on any atom is -0.329 e. The van der Waals surface area contributed by atoms with Gasteiger partial charge in [0, 0.05) is 18.0 Å². The number of hydrogen-bond donors (Lipinski definition) is 1. The van der Waals surface area contributed by atoms with Crippen molar-refractivity contribution in [1.29, 1.82) is 0 Å². The van der Waals surface area contributed by atoms with Gasteiger partial charge in [-0.15, -0.1) is 0 Å². The van der Waals surface area contributed by atoms with Crippen molar-refractivity contribution in [1.82, 2.24) is 29.9 Å². The second kappa shape index (κ2) is 7.11. The standard InChI is InChI=1S/C20H19FN6/c1-3-19(14-4-6-16(21)7-5-14)27-11-18(23-12-27)17-10-15(8-9-22-17)20-13(2)24-26-25-20/h4-12,19H,3H2,1-2H3,(H,24,25,26). The number of nitrogens with zero attached hydrogens (tertiary/aromatic N) is 5. The zero-order chi connectivity index (χ0) is 18.8. The molecular weight excluding hydrogens is 343 g/mol. The number of H-pyrrole nitrogens is 1. The van der Waals surface area contributed by atoms with Crippen molar-refractivity contribution in [3.63, 3.8) is 0 Å². The van der Waals surface area contributed by atoms with Crippen LogP contribution in [0.3, 0.4) is 0 Å². The molecule has 27 heavy (non-hydrogen) atoms. The topological polar surface area (TPSA) is 72.3 Å². The summed E-state index contributed by atoms with van der Waals surface area (Å²) in [6.07, 6.45) is 6.38. The van der Waals surface area contributed by atoms with Crippen molar-refractivity contribution in [3.05, 3.63) is 72.2 Å². The lowest BCUT2D eigenvalue weighted by molar-refractivity contribution is 0.563. The average molecular weight is 362 g/mol. The van der Waals surface area contributed by atoms with E-state index in [0.29, 0.717) is 0 Å². The van der Waals surface area contributed by atoms with Crippen molar-refractivity contribution in [2.24, 2.45) is 0 Å². The lowest BCUT2D eigenvalue weighted by Gasteiger charge is -2.16. The molecule has 0 fully saturated rings. The maximum atomic E-state index is 13.2. The minimum absolute atomic E-state index is 0.0906. The van der Waals surface area contributed by atoms with E-state index in [1.54, 1.807) is 12.5 Å². The summed E-state index contributed by atoms with van der Waals surface area (Å²) in [4.78, 5) is 8.97. The Bertz CT molecular complexity index is 1050. The van der Waals surface area contributed by atoms with E-state index in [1.165, 1.54) is 12.1 Å². The zero-order valence-corrected chi connectivity index (χ0v) is 15.1. The molecular formula is C20H19FN6. The van der Waals surface area contributed by atoms with Crippen LogP contribution in [0.4, 0.5) is 4.39 Å². The molecule has 1 N–H and O–H groups in total. The molecule has 0 aliphatic heterocycles. The monoisotopic (exact) mass is 362 g/mol. The molecule has 0 aliphatic rings. The largest absolute Gasteiger partial charge is 0.329 e. The fraction of sp³-hybridized carbons (Fsp3) is 0.200. The van der Waals surface area contributed by atoms with Crippen molar-refractivity contribution in [3.8, 4) is 22.6 Å². The number of aryl methyl sites for hydroxylation is 1. The van der Waals surface area contributed by atoms with Gasteiger partial charge >= 0.3 is 0 Å². The molecule has 1 unspecified atom stereocenters. The Labute approximate surface area is 156 Å². The molecule has 0 radical (unpaired) electrons. The fourth-order valence-corrected chi connectivity index (χ4v) is 3.22. The van der Waals surface area contributed by atoms with Crippen LogP contribution in [-0.2, 0) is 0 Å². The fourth-order valence-electron chi connectivity index (χ4n) is 3.22. The second-order valence-electron chi connectivity index (χ2n) is 6.37. The van der Waals surface area contributed by atoms with E-state index in [4.69, 9.17) is 0 Å². The number of hydrogen-bond acceptors (Lipinski definition) is 4. The first-order valence-corrected chi connectivity index (χ1v) is 8.79. The lowest BCUT2D eigenvalue weighted by Crippen LogP contribution is -2.07. The molecule has 1 atom stereocenters. The number of aromatic amines is 1. The Balaban J connectivity index is 1.66. The summed E-state index contributed by atoms with van der Waals surface area (Å²) >= 11 is 0. The maximum Gasteiger partial charge on any atom is 0.123 e. The van der Waals surface area contributed by atoms with Gasteiger partial charge in [-0.2, -0.15) is 15.4 Å². The first-order valence-electron chi connectivity index (χ1n) is 8.79. The van der Waals surface area contributed by atoms with Gasteiger partial charge in [0.25, 0.3) is 0 Å². The molecule has 4 aromatic rings. The Hall–Kier alpha value is -3.35. The molecule has 0 aliphatic carbocycles. The summed E-state index contributed by atoms with van der Waals surface area (Å²) in [6, 6.07) is 10.6. The number of imidazole rings is 1. The number of benzene rings is 1. The van der Waals surface area contributed by atoms with E-state index in [1.807, 2.05) is 42.0 Å². The summed E-state index contributed by atoms with van der Waals surface area (Å²) < 4.78 is 15.3. The summed E-state index contributed by atoms with van der Waals surface area (Å²) in [7, 11) is 0. The minimum atomic E-state index is -0.232. The number of pyridine rings is 1. The average Bonchev–Trinajstić information content (AvgIpc) is 3.33. The summed E-state index contributed by atoms with van der Waals surface area (Å²) in [5, 5.41) is 10.9. The predicted molar refractivity (Wildman–Crippen MR) is 100 cm³/mol. The van der Waals surface area contributed by atoms with Gasteiger partial charge in [0.1, 0.15) is 17.2 Å². The highest BCUT2D eigenvalue weighted by Crippen LogP contribution is 2.27. The van der Waals surface area contributed by atoms with Crippen molar-refractivity contribution >= 4 is 0 Å². The van der Waals surface area contributed by atoms with Crippen LogP contribution >= 0.6 is 0 Å². The highest BCUT2D eigenvalue weighted by molar-refractivity contribution is 5.67. The number of aromatic nitrogens is 6. The molecule has 3 aromatic heterocycles. The highest BCUT2D eigenvalue weighted by Gasteiger charge is 2.15. The molecule has 3 heterocycles. The Morgan fingerprint density at radius 1 is 1.07 bits per heavy atom. The van der Waals surface area contributed by atoms with Gasteiger partial charge < -0.3 is 4.57 Å². The predicted octanol–water partition coefficient (Wildman–Crippen LogP) is 4.18. The van der Waals surface area contributed by atoms with Crippen LogP contribution in [0, 0.1) is 12.7 Å². The third-order valence-corrected chi connectivity index (χ3v) is 4.62. The van der Waals surface area contributed by atoms with E-state index in [2.05, 4.69) is 32.3 Å². The first kappa shape index (κ1) is 17.1. The van der Waals surface area contributed by atoms with Crippen LogP contribution in [0.5, 0.6) is 0 Å². The van der Waals surface area contributed by atoms with Crippen molar-refractivity contribution in [2.75, 3.05) is 0 Å². The van der Waals surface area contributed by atoms with E-state index < -0.39 is 0 Å². The third-order valence-electron chi connectivity index (χ3n) is 4.62. The van der Waals surface area contributed by atoms with Crippen molar-refractivity contribution < 1.29 is 4.39 Å². The van der Waals surface area contributed by atoms with Gasteiger partial charge in [-0.05, 0) is 43.2 Å². The van der Waals surface area contributed by atoms with Gasteiger partial charge in [0.15, 0.2) is 0 Å². The van der Waals surface area contributed by atoms with Gasteiger partial charge in [-0.3, -0.25) is 4.98 Å². The second-order valence-corrected chi connectivity index (χ2v) is 6.37. The van der Waals surface area contributed by atoms with Crippen LogP contribution in [0.15, 0.2) is 55.1 Å². The van der Waals surface area contributed by atoms with Gasteiger partial charge in [-0.25, -0.2) is 9.37 Å². The van der Waals surface area contributed by atoms with Gasteiger partial charge in [-0.1, -0.05) is 19.1 Å². The van der Waals surface area contributed by atoms with Gasteiger partial charge in [0.05, 0.1) is 23.8 Å². The van der Waals surface area contributed by atoms with Crippen LogP contribution in [0.2, 0.25) is 0 Å². The SMILES string of the molecule is CCC(c1ccc(F)cc1)n1cnc(-c2cc(-c3n[nH]nc3C)ccn2)c1. The molecule has 136 valence electrons. The number of halogens is 1. The molecule has 6 nitrogen and oxygen atoms in total.